The van der Waals surface area contributed by atoms with Gasteiger partial charge in [0.1, 0.15) is 5.75 Å². The molecule has 1 saturated heterocycles. The number of carbonyl (C=O) groups excluding carboxylic acids is 3. The zero-order valence-electron chi connectivity index (χ0n) is 32.7. The number of rotatable bonds is 13. The van der Waals surface area contributed by atoms with Gasteiger partial charge in [-0.1, -0.05) is 114 Å². The lowest BCUT2D eigenvalue weighted by molar-refractivity contribution is -0.150. The van der Waals surface area contributed by atoms with Crippen molar-refractivity contribution in [2.24, 2.45) is 5.92 Å². The highest BCUT2D eigenvalue weighted by molar-refractivity contribution is 9.10. The molecule has 0 aromatic heterocycles. The number of aliphatic hydroxyl groups is 1. The fourth-order valence-corrected chi connectivity index (χ4v) is 13.2. The summed E-state index contributed by atoms with van der Waals surface area (Å²) in [6.45, 7) is 7.35. The maximum atomic E-state index is 15.3. The maximum absolute atomic E-state index is 15.3. The van der Waals surface area contributed by atoms with Gasteiger partial charge >= 0.3 is 0 Å². The van der Waals surface area contributed by atoms with E-state index < -0.39 is 19.8 Å². The number of amides is 3. The van der Waals surface area contributed by atoms with Gasteiger partial charge in [-0.15, -0.1) is 0 Å². The second kappa shape index (κ2) is 16.8. The Morgan fingerprint density at radius 1 is 0.912 bits per heavy atom. The van der Waals surface area contributed by atoms with E-state index in [1.54, 1.807) is 29.0 Å². The van der Waals surface area contributed by atoms with Gasteiger partial charge < -0.3 is 29.7 Å². The first-order valence-electron chi connectivity index (χ1n) is 19.3. The highest BCUT2D eigenvalue weighted by Crippen LogP contribution is 2.60. The minimum absolute atomic E-state index is 0.0585. The molecule has 11 heteroatoms. The first-order valence-corrected chi connectivity index (χ1v) is 23.2. The molecule has 0 radical (unpaired) electrons. The Bertz CT molecular complexity index is 2220. The Hall–Kier alpha value is -5.07. The van der Waals surface area contributed by atoms with Crippen LogP contribution >= 0.6 is 15.9 Å². The summed E-state index contributed by atoms with van der Waals surface area (Å²) in [4.78, 5) is 45.9. The van der Waals surface area contributed by atoms with E-state index in [2.05, 4.69) is 53.4 Å². The summed E-state index contributed by atoms with van der Waals surface area (Å²) in [5, 5.41) is 14.1. The quantitative estimate of drug-likeness (QED) is 0.117. The van der Waals surface area contributed by atoms with Gasteiger partial charge in [0.05, 0.1) is 46.5 Å². The van der Waals surface area contributed by atoms with Gasteiger partial charge in [0.2, 0.25) is 5.91 Å². The van der Waals surface area contributed by atoms with Crippen molar-refractivity contribution in [3.63, 3.8) is 0 Å². The Kier molecular flexibility index (Phi) is 11.8. The number of hydrogen-bond acceptors (Lipinski definition) is 6. The predicted octanol–water partition coefficient (Wildman–Crippen LogP) is 7.88. The molecule has 1 spiro atoms. The topological polar surface area (TPSA) is 108 Å². The SMILES string of the molecule is COc1ccc([Si](C)(C)[C@@H]2[C@@H](CC(=O)N(CCO)Cc3ccccc3)O[C@]3(C(=O)N(Cc4ccc(NC(=O)c5ccccc5)cc4)c4ccc(Br)cc43)[C@H]2C)cc1. The van der Waals surface area contributed by atoms with Crippen LogP contribution in [0.5, 0.6) is 5.75 Å². The summed E-state index contributed by atoms with van der Waals surface area (Å²) in [6.07, 6.45) is -0.528. The number of aliphatic hydroxyl groups excluding tert-OH is 1. The summed E-state index contributed by atoms with van der Waals surface area (Å²) in [5.74, 6) is -0.0470. The van der Waals surface area contributed by atoms with E-state index >= 15 is 4.79 Å². The normalized spacial score (nSPS) is 20.1. The molecule has 2 heterocycles. The average molecular weight is 847 g/mol. The molecule has 4 atom stereocenters. The molecule has 0 aliphatic carbocycles. The number of nitrogens with zero attached hydrogens (tertiary/aromatic N) is 2. The smallest absolute Gasteiger partial charge is 0.264 e. The molecule has 294 valence electrons. The van der Waals surface area contributed by atoms with E-state index in [1.807, 2.05) is 103 Å². The molecule has 0 bridgehead atoms. The number of carbonyl (C=O) groups is 3. The molecule has 2 aliphatic rings. The summed E-state index contributed by atoms with van der Waals surface area (Å²) in [7, 11) is -0.871. The number of benzene rings is 5. The van der Waals surface area contributed by atoms with Crippen LogP contribution in [-0.4, -0.2) is 62.2 Å². The summed E-state index contributed by atoms with van der Waals surface area (Å²) in [6, 6.07) is 40.4. The van der Waals surface area contributed by atoms with Gasteiger partial charge in [0.25, 0.3) is 11.8 Å². The molecule has 2 N–H and O–H groups in total. The number of anilines is 2. The number of halogens is 1. The van der Waals surface area contributed by atoms with Crippen LogP contribution in [0.3, 0.4) is 0 Å². The summed E-state index contributed by atoms with van der Waals surface area (Å²) < 4.78 is 13.6. The van der Waals surface area contributed by atoms with Gasteiger partial charge in [-0.3, -0.25) is 14.4 Å². The zero-order chi connectivity index (χ0) is 40.3. The first kappa shape index (κ1) is 40.1. The molecule has 1 fully saturated rings. The van der Waals surface area contributed by atoms with Gasteiger partial charge in [-0.25, -0.2) is 0 Å². The minimum atomic E-state index is -2.52. The molecule has 0 saturated carbocycles. The fraction of sp³-hybridized carbons (Fsp3) is 0.283. The van der Waals surface area contributed by atoms with Crippen molar-refractivity contribution in [1.82, 2.24) is 4.90 Å². The molecule has 5 aromatic carbocycles. The molecule has 5 aromatic rings. The van der Waals surface area contributed by atoms with Crippen LogP contribution in [0.15, 0.2) is 132 Å². The van der Waals surface area contributed by atoms with Crippen LogP contribution in [0.1, 0.15) is 40.4 Å². The highest BCUT2D eigenvalue weighted by Gasteiger charge is 2.66. The van der Waals surface area contributed by atoms with Crippen LogP contribution < -0.4 is 20.1 Å². The second-order valence-electron chi connectivity index (χ2n) is 15.5. The molecular weight excluding hydrogens is 799 g/mol. The molecular formula is C46H48BrN3O6Si. The average Bonchev–Trinajstić information content (AvgIpc) is 3.64. The van der Waals surface area contributed by atoms with E-state index in [4.69, 9.17) is 9.47 Å². The number of hydrogen-bond donors (Lipinski definition) is 2. The van der Waals surface area contributed by atoms with Crippen molar-refractivity contribution in [2.45, 2.75) is 56.8 Å². The van der Waals surface area contributed by atoms with Crippen molar-refractivity contribution in [2.75, 3.05) is 30.5 Å². The minimum Gasteiger partial charge on any atom is -0.497 e. The third-order valence-electron chi connectivity index (χ3n) is 11.7. The maximum Gasteiger partial charge on any atom is 0.264 e. The Labute approximate surface area is 343 Å². The number of nitrogens with one attached hydrogen (secondary N) is 1. The van der Waals surface area contributed by atoms with Crippen molar-refractivity contribution >= 4 is 58.3 Å². The first-order chi connectivity index (χ1) is 27.5. The van der Waals surface area contributed by atoms with Crippen LogP contribution in [0.4, 0.5) is 11.4 Å². The molecule has 0 unspecified atom stereocenters. The van der Waals surface area contributed by atoms with E-state index in [9.17, 15) is 14.7 Å². The monoisotopic (exact) mass is 845 g/mol. The molecule has 9 nitrogen and oxygen atoms in total. The predicted molar refractivity (Wildman–Crippen MR) is 229 cm³/mol. The number of fused-ring (bicyclic) bond motifs is 2. The largest absolute Gasteiger partial charge is 0.497 e. The van der Waals surface area contributed by atoms with Gasteiger partial charge in [-0.05, 0) is 71.3 Å². The van der Waals surface area contributed by atoms with E-state index in [0.717, 1.165) is 32.6 Å². The number of ether oxygens (including phenoxy) is 2. The van der Waals surface area contributed by atoms with Crippen LogP contribution in [-0.2, 0) is 33.0 Å². The third-order valence-corrected chi connectivity index (χ3v) is 16.6. The lowest BCUT2D eigenvalue weighted by Crippen LogP contribution is -2.52. The standard InChI is InChI=1S/C46H48BrN3O6Si/c1-31-43(57(3,4)38-22-20-37(55-2)21-23-38)41(28-42(52)49(25-26-51)29-32-11-7-5-8-12-32)56-46(31)39-27-35(47)17-24-40(39)50(45(46)54)30-33-15-18-36(19-16-33)48-44(53)34-13-9-6-10-14-34/h5-24,27,31,41,43,51H,25-26,28-30H2,1-4H3,(H,48,53)/t31-,41+,43-,46+/m0/s1. The van der Waals surface area contributed by atoms with E-state index in [0.29, 0.717) is 17.8 Å². The Morgan fingerprint density at radius 3 is 2.23 bits per heavy atom. The van der Waals surface area contributed by atoms with Crippen LogP contribution in [0, 0.1) is 5.92 Å². The molecule has 3 amide bonds. The molecule has 7 rings (SSSR count). The summed E-state index contributed by atoms with van der Waals surface area (Å²) >= 11 is 3.69. The lowest BCUT2D eigenvalue weighted by Gasteiger charge is -2.37. The third kappa shape index (κ3) is 7.94. The van der Waals surface area contributed by atoms with Crippen LogP contribution in [0.2, 0.25) is 18.6 Å². The second-order valence-corrected chi connectivity index (χ2v) is 21.1. The summed E-state index contributed by atoms with van der Waals surface area (Å²) in [5.41, 5.74) is 3.10. The Balaban J connectivity index is 1.23. The lowest BCUT2D eigenvalue weighted by atomic mass is 9.82. The van der Waals surface area contributed by atoms with Crippen molar-refractivity contribution in [3.8, 4) is 5.75 Å². The van der Waals surface area contributed by atoms with Gasteiger partial charge in [0.15, 0.2) is 5.60 Å². The van der Waals surface area contributed by atoms with Gasteiger partial charge in [0, 0.05) is 40.3 Å². The van der Waals surface area contributed by atoms with Crippen molar-refractivity contribution < 1.29 is 29.0 Å². The van der Waals surface area contributed by atoms with E-state index in [1.165, 1.54) is 5.19 Å². The fourth-order valence-electron chi connectivity index (χ4n) is 8.83. The number of methoxy groups -OCH3 is 1. The van der Waals surface area contributed by atoms with Crippen molar-refractivity contribution in [1.29, 1.82) is 0 Å². The van der Waals surface area contributed by atoms with E-state index in [-0.39, 0.29) is 55.3 Å². The molecule has 57 heavy (non-hydrogen) atoms. The van der Waals surface area contributed by atoms with Crippen LogP contribution in [0.25, 0.3) is 0 Å². The van der Waals surface area contributed by atoms with Gasteiger partial charge in [-0.2, -0.15) is 0 Å². The zero-order valence-corrected chi connectivity index (χ0v) is 35.2. The highest BCUT2D eigenvalue weighted by atomic mass is 79.9. The Morgan fingerprint density at radius 2 is 1.58 bits per heavy atom. The van der Waals surface area contributed by atoms with Crippen molar-refractivity contribution in [3.05, 3.63) is 154 Å². The molecule has 2 aliphatic heterocycles.